The van der Waals surface area contributed by atoms with Gasteiger partial charge in [-0.25, -0.2) is 0 Å². The van der Waals surface area contributed by atoms with Crippen LogP contribution in [-0.4, -0.2) is 12.1 Å². The number of hydrogen-bond acceptors (Lipinski definition) is 3. The van der Waals surface area contributed by atoms with Crippen LogP contribution in [0.15, 0.2) is 30.6 Å². The minimum atomic E-state index is -0.0500. The number of rotatable bonds is 2. The summed E-state index contributed by atoms with van der Waals surface area (Å²) in [7, 11) is 1.66. The van der Waals surface area contributed by atoms with E-state index >= 15 is 0 Å². The van der Waals surface area contributed by atoms with Gasteiger partial charge in [-0.3, -0.25) is 4.98 Å². The molecule has 1 heterocycles. The third-order valence-electron chi connectivity index (χ3n) is 2.50. The molecule has 0 aliphatic heterocycles. The van der Waals surface area contributed by atoms with Gasteiger partial charge in [0.1, 0.15) is 5.75 Å². The molecule has 0 spiro atoms. The Morgan fingerprint density at radius 1 is 1.33 bits per heavy atom. The first-order valence-electron chi connectivity index (χ1n) is 4.90. The second-order valence-electron chi connectivity index (χ2n) is 3.57. The van der Waals surface area contributed by atoms with Gasteiger partial charge in [0.05, 0.1) is 7.11 Å². The van der Waals surface area contributed by atoms with Crippen LogP contribution >= 0.6 is 0 Å². The molecule has 15 heavy (non-hydrogen) atoms. The topological polar surface area (TPSA) is 48.1 Å². The summed E-state index contributed by atoms with van der Waals surface area (Å²) in [6, 6.07) is 5.85. The van der Waals surface area contributed by atoms with Crippen LogP contribution in [0.4, 0.5) is 0 Å². The second-order valence-corrected chi connectivity index (χ2v) is 3.57. The Kier molecular flexibility index (Phi) is 2.56. The van der Waals surface area contributed by atoms with Crippen molar-refractivity contribution in [1.82, 2.24) is 4.98 Å². The number of nitrogens with zero attached hydrogens (tertiary/aromatic N) is 1. The molecule has 3 nitrogen and oxygen atoms in total. The monoisotopic (exact) mass is 202 g/mol. The fourth-order valence-corrected chi connectivity index (χ4v) is 1.82. The van der Waals surface area contributed by atoms with Crippen molar-refractivity contribution >= 4 is 10.8 Å². The zero-order valence-corrected chi connectivity index (χ0v) is 8.90. The van der Waals surface area contributed by atoms with Crippen LogP contribution in [0, 0.1) is 0 Å². The summed E-state index contributed by atoms with van der Waals surface area (Å²) in [6.07, 6.45) is 3.61. The normalized spacial score (nSPS) is 12.7. The summed E-state index contributed by atoms with van der Waals surface area (Å²) in [6.45, 7) is 1.96. The van der Waals surface area contributed by atoms with Gasteiger partial charge in [-0.15, -0.1) is 0 Å². The molecule has 78 valence electrons. The lowest BCUT2D eigenvalue weighted by Crippen LogP contribution is -2.07. The van der Waals surface area contributed by atoms with Gasteiger partial charge < -0.3 is 10.5 Å². The standard InChI is InChI=1S/C12H14N2O/c1-8(13)12-10-5-6-14-7-9(10)3-4-11(12)15-2/h3-8H,13H2,1-2H3. The summed E-state index contributed by atoms with van der Waals surface area (Å²) in [4.78, 5) is 4.09. The molecule has 0 saturated heterocycles. The Morgan fingerprint density at radius 2 is 2.13 bits per heavy atom. The molecular formula is C12H14N2O. The number of fused-ring (bicyclic) bond motifs is 1. The van der Waals surface area contributed by atoms with Crippen molar-refractivity contribution in [2.45, 2.75) is 13.0 Å². The maximum Gasteiger partial charge on any atom is 0.124 e. The number of hydrogen-bond donors (Lipinski definition) is 1. The molecule has 1 atom stereocenters. The molecule has 2 N–H and O–H groups in total. The molecule has 0 aliphatic rings. The van der Waals surface area contributed by atoms with Gasteiger partial charge >= 0.3 is 0 Å². The molecule has 0 fully saturated rings. The van der Waals surface area contributed by atoms with E-state index in [0.29, 0.717) is 0 Å². The van der Waals surface area contributed by atoms with Crippen molar-refractivity contribution in [3.63, 3.8) is 0 Å². The van der Waals surface area contributed by atoms with E-state index in [9.17, 15) is 0 Å². The molecule has 0 amide bonds. The quantitative estimate of drug-likeness (QED) is 0.812. The van der Waals surface area contributed by atoms with E-state index in [4.69, 9.17) is 10.5 Å². The van der Waals surface area contributed by atoms with Crippen LogP contribution < -0.4 is 10.5 Å². The van der Waals surface area contributed by atoms with E-state index in [0.717, 1.165) is 22.1 Å². The molecular weight excluding hydrogens is 188 g/mol. The molecule has 0 aliphatic carbocycles. The Morgan fingerprint density at radius 3 is 2.80 bits per heavy atom. The van der Waals surface area contributed by atoms with Crippen molar-refractivity contribution in [2.75, 3.05) is 7.11 Å². The minimum absolute atomic E-state index is 0.0500. The first kappa shape index (κ1) is 9.93. The van der Waals surface area contributed by atoms with Crippen LogP contribution in [0.2, 0.25) is 0 Å². The highest BCUT2D eigenvalue weighted by atomic mass is 16.5. The minimum Gasteiger partial charge on any atom is -0.496 e. The van der Waals surface area contributed by atoms with E-state index in [2.05, 4.69) is 4.98 Å². The zero-order chi connectivity index (χ0) is 10.8. The van der Waals surface area contributed by atoms with Gasteiger partial charge in [-0.05, 0) is 30.5 Å². The van der Waals surface area contributed by atoms with Crippen molar-refractivity contribution in [2.24, 2.45) is 5.73 Å². The number of nitrogens with two attached hydrogens (primary N) is 1. The Labute approximate surface area is 88.9 Å². The Balaban J connectivity index is 2.79. The van der Waals surface area contributed by atoms with Crippen LogP contribution in [-0.2, 0) is 0 Å². The average Bonchev–Trinajstić information content (AvgIpc) is 2.27. The largest absolute Gasteiger partial charge is 0.496 e. The summed E-state index contributed by atoms with van der Waals surface area (Å²) in [5.74, 6) is 0.837. The number of ether oxygens (including phenoxy) is 1. The molecule has 0 bridgehead atoms. The van der Waals surface area contributed by atoms with Gasteiger partial charge in [0.25, 0.3) is 0 Å². The van der Waals surface area contributed by atoms with Crippen LogP contribution in [0.25, 0.3) is 10.8 Å². The highest BCUT2D eigenvalue weighted by Crippen LogP contribution is 2.31. The van der Waals surface area contributed by atoms with Gasteiger partial charge in [-0.1, -0.05) is 0 Å². The van der Waals surface area contributed by atoms with Crippen molar-refractivity contribution in [1.29, 1.82) is 0 Å². The van der Waals surface area contributed by atoms with Gasteiger partial charge in [-0.2, -0.15) is 0 Å². The molecule has 3 heteroatoms. The average molecular weight is 202 g/mol. The van der Waals surface area contributed by atoms with E-state index in [-0.39, 0.29) is 6.04 Å². The molecule has 1 unspecified atom stereocenters. The van der Waals surface area contributed by atoms with Crippen molar-refractivity contribution < 1.29 is 4.74 Å². The molecule has 0 radical (unpaired) electrons. The molecule has 2 rings (SSSR count). The Hall–Kier alpha value is -1.61. The van der Waals surface area contributed by atoms with Crippen LogP contribution in [0.1, 0.15) is 18.5 Å². The van der Waals surface area contributed by atoms with E-state index < -0.39 is 0 Å². The van der Waals surface area contributed by atoms with Gasteiger partial charge in [0.2, 0.25) is 0 Å². The maximum absolute atomic E-state index is 5.96. The highest BCUT2D eigenvalue weighted by molar-refractivity contribution is 5.87. The van der Waals surface area contributed by atoms with Crippen molar-refractivity contribution in [3.05, 3.63) is 36.2 Å². The number of pyridine rings is 1. The first-order valence-corrected chi connectivity index (χ1v) is 4.90. The summed E-state index contributed by atoms with van der Waals surface area (Å²) >= 11 is 0. The smallest absolute Gasteiger partial charge is 0.124 e. The SMILES string of the molecule is COc1ccc2cnccc2c1C(C)N. The zero-order valence-electron chi connectivity index (χ0n) is 8.90. The molecule has 1 aromatic carbocycles. The van der Waals surface area contributed by atoms with Gasteiger partial charge in [0, 0.05) is 29.4 Å². The first-order chi connectivity index (χ1) is 7.24. The van der Waals surface area contributed by atoms with E-state index in [1.165, 1.54) is 0 Å². The molecule has 0 saturated carbocycles. The lowest BCUT2D eigenvalue weighted by atomic mass is 10.0. The predicted octanol–water partition coefficient (Wildman–Crippen LogP) is 2.26. The molecule has 1 aromatic heterocycles. The second kappa shape index (κ2) is 3.87. The van der Waals surface area contributed by atoms with Crippen LogP contribution in [0.3, 0.4) is 0 Å². The third-order valence-corrected chi connectivity index (χ3v) is 2.50. The lowest BCUT2D eigenvalue weighted by molar-refractivity contribution is 0.408. The summed E-state index contributed by atoms with van der Waals surface area (Å²) in [5.41, 5.74) is 7.00. The van der Waals surface area contributed by atoms with E-state index in [1.54, 1.807) is 13.3 Å². The number of benzene rings is 1. The third kappa shape index (κ3) is 1.66. The Bertz CT molecular complexity index is 480. The predicted molar refractivity (Wildman–Crippen MR) is 60.9 cm³/mol. The fourth-order valence-electron chi connectivity index (χ4n) is 1.82. The fraction of sp³-hybridized carbons (Fsp3) is 0.250. The lowest BCUT2D eigenvalue weighted by Gasteiger charge is -2.14. The van der Waals surface area contributed by atoms with Gasteiger partial charge in [0.15, 0.2) is 0 Å². The van der Waals surface area contributed by atoms with Crippen molar-refractivity contribution in [3.8, 4) is 5.75 Å². The maximum atomic E-state index is 5.96. The molecule has 2 aromatic rings. The summed E-state index contributed by atoms with van der Waals surface area (Å²) < 4.78 is 5.31. The highest BCUT2D eigenvalue weighted by Gasteiger charge is 2.11. The number of methoxy groups -OCH3 is 1. The van der Waals surface area contributed by atoms with E-state index in [1.807, 2.05) is 31.3 Å². The number of aromatic nitrogens is 1. The van der Waals surface area contributed by atoms with Crippen LogP contribution in [0.5, 0.6) is 5.75 Å². The summed E-state index contributed by atoms with van der Waals surface area (Å²) in [5, 5.41) is 2.20.